The normalized spacial score (nSPS) is 12.8. The second-order valence-electron chi connectivity index (χ2n) is 5.68. The molecule has 0 saturated heterocycles. The fourth-order valence-electron chi connectivity index (χ4n) is 1.99. The molecule has 0 bridgehead atoms. The van der Waals surface area contributed by atoms with Gasteiger partial charge in [-0.2, -0.15) is 0 Å². The van der Waals surface area contributed by atoms with E-state index >= 15 is 0 Å². The zero-order valence-corrected chi connectivity index (χ0v) is 13.2. The highest BCUT2D eigenvalue weighted by atomic mass is 32.2. The van der Waals surface area contributed by atoms with E-state index in [-0.39, 0.29) is 0 Å². The summed E-state index contributed by atoms with van der Waals surface area (Å²) in [6.07, 6.45) is 1.14. The third-order valence-corrected chi connectivity index (χ3v) is 3.38. The molecular weight excluding hydrogens is 276 g/mol. The molecule has 0 saturated carbocycles. The van der Waals surface area contributed by atoms with Gasteiger partial charge in [-0.25, -0.2) is 13.1 Å². The summed E-state index contributed by atoms with van der Waals surface area (Å²) < 4.78 is 24.6. The Morgan fingerprint density at radius 2 is 1.85 bits per heavy atom. The van der Waals surface area contributed by atoms with Crippen molar-refractivity contribution < 1.29 is 13.5 Å². The second-order valence-corrected chi connectivity index (χ2v) is 7.51. The average molecular weight is 300 g/mol. The van der Waals surface area contributed by atoms with Crippen molar-refractivity contribution >= 4 is 10.0 Å². The predicted octanol–water partition coefficient (Wildman–Crippen LogP) is 0.809. The lowest BCUT2D eigenvalue weighted by Gasteiger charge is -2.29. The number of nitrogens with zero attached hydrogens (tertiary/aromatic N) is 1. The zero-order valence-electron chi connectivity index (χ0n) is 12.3. The summed E-state index contributed by atoms with van der Waals surface area (Å²) in [4.78, 5) is 2.04. The van der Waals surface area contributed by atoms with Crippen LogP contribution < -0.4 is 4.72 Å². The molecular formula is C14H24N2O3S. The van der Waals surface area contributed by atoms with Crippen LogP contribution in [0.4, 0.5) is 0 Å². The van der Waals surface area contributed by atoms with E-state index in [0.29, 0.717) is 26.2 Å². The molecule has 0 aromatic heterocycles. The van der Waals surface area contributed by atoms with Crippen LogP contribution in [-0.4, -0.2) is 49.9 Å². The van der Waals surface area contributed by atoms with Crippen LogP contribution in [0.5, 0.6) is 0 Å². The quantitative estimate of drug-likeness (QED) is 0.745. The van der Waals surface area contributed by atoms with Crippen LogP contribution in [0, 0.1) is 0 Å². The van der Waals surface area contributed by atoms with Gasteiger partial charge in [0, 0.05) is 26.2 Å². The zero-order chi connectivity index (χ0) is 15.2. The monoisotopic (exact) mass is 300 g/mol. The topological polar surface area (TPSA) is 69.6 Å². The highest BCUT2D eigenvalue weighted by molar-refractivity contribution is 7.88. The Labute approximate surface area is 121 Å². The molecule has 1 rings (SSSR count). The van der Waals surface area contributed by atoms with Gasteiger partial charge in [0.25, 0.3) is 0 Å². The number of nitrogens with one attached hydrogen (secondary N) is 1. The molecule has 20 heavy (non-hydrogen) atoms. The van der Waals surface area contributed by atoms with Crippen LogP contribution in [0.1, 0.15) is 19.4 Å². The van der Waals surface area contributed by atoms with Gasteiger partial charge in [-0.15, -0.1) is 0 Å². The first-order valence-corrected chi connectivity index (χ1v) is 8.48. The molecule has 1 aromatic rings. The molecule has 0 aliphatic rings. The first kappa shape index (κ1) is 17.1. The average Bonchev–Trinajstić information content (AvgIpc) is 2.26. The third kappa shape index (κ3) is 8.27. The standard InChI is InChI=1S/C14H24N2O3S/c1-14(2,17)12-16(10-9-15-20(3,18)19)11-13-7-5-4-6-8-13/h4-8,15,17H,9-12H2,1-3H3. The van der Waals surface area contributed by atoms with Crippen molar-refractivity contribution in [1.29, 1.82) is 0 Å². The Balaban J connectivity index is 2.61. The summed E-state index contributed by atoms with van der Waals surface area (Å²) in [5, 5.41) is 9.94. The number of benzene rings is 1. The summed E-state index contributed by atoms with van der Waals surface area (Å²) in [6, 6.07) is 9.91. The highest BCUT2D eigenvalue weighted by Crippen LogP contribution is 2.09. The molecule has 0 aliphatic heterocycles. The van der Waals surface area contributed by atoms with Gasteiger partial charge in [0.2, 0.25) is 10.0 Å². The molecule has 0 atom stereocenters. The van der Waals surface area contributed by atoms with Crippen molar-refractivity contribution in [1.82, 2.24) is 9.62 Å². The van der Waals surface area contributed by atoms with Crippen LogP contribution in [0.25, 0.3) is 0 Å². The first-order chi connectivity index (χ1) is 9.16. The maximum Gasteiger partial charge on any atom is 0.208 e. The Morgan fingerprint density at radius 1 is 1.25 bits per heavy atom. The van der Waals surface area contributed by atoms with Crippen molar-refractivity contribution in [3.8, 4) is 0 Å². The van der Waals surface area contributed by atoms with Crippen LogP contribution in [0.15, 0.2) is 30.3 Å². The smallest absolute Gasteiger partial charge is 0.208 e. The fraction of sp³-hybridized carbons (Fsp3) is 0.571. The first-order valence-electron chi connectivity index (χ1n) is 6.59. The number of rotatable bonds is 8. The largest absolute Gasteiger partial charge is 0.389 e. The summed E-state index contributed by atoms with van der Waals surface area (Å²) in [5.74, 6) is 0. The number of hydrogen-bond acceptors (Lipinski definition) is 4. The molecule has 6 heteroatoms. The van der Waals surface area contributed by atoms with Crippen LogP contribution in [0.2, 0.25) is 0 Å². The van der Waals surface area contributed by atoms with Crippen molar-refractivity contribution in [2.75, 3.05) is 25.9 Å². The molecule has 0 heterocycles. The van der Waals surface area contributed by atoms with Gasteiger partial charge in [0.15, 0.2) is 0 Å². The van der Waals surface area contributed by atoms with Crippen LogP contribution in [0.3, 0.4) is 0 Å². The van der Waals surface area contributed by atoms with Gasteiger partial charge >= 0.3 is 0 Å². The Hall–Kier alpha value is -0.950. The van der Waals surface area contributed by atoms with E-state index in [1.807, 2.05) is 35.2 Å². The lowest BCUT2D eigenvalue weighted by Crippen LogP contribution is -2.42. The minimum atomic E-state index is -3.18. The predicted molar refractivity (Wildman–Crippen MR) is 80.9 cm³/mol. The van der Waals surface area contributed by atoms with Crippen molar-refractivity contribution in [2.24, 2.45) is 0 Å². The molecule has 5 nitrogen and oxygen atoms in total. The maximum absolute atomic E-state index is 11.1. The Morgan fingerprint density at radius 3 is 2.35 bits per heavy atom. The SMILES string of the molecule is CC(C)(O)CN(CCNS(C)(=O)=O)Cc1ccccc1. The molecule has 0 unspecified atom stereocenters. The van der Waals surface area contributed by atoms with E-state index in [1.165, 1.54) is 0 Å². The molecule has 0 aliphatic carbocycles. The third-order valence-electron chi connectivity index (χ3n) is 2.65. The van der Waals surface area contributed by atoms with Gasteiger partial charge in [-0.1, -0.05) is 30.3 Å². The van der Waals surface area contributed by atoms with Crippen molar-refractivity contribution in [2.45, 2.75) is 26.0 Å². The van der Waals surface area contributed by atoms with E-state index in [1.54, 1.807) is 13.8 Å². The maximum atomic E-state index is 11.1. The lowest BCUT2D eigenvalue weighted by molar-refractivity contribution is 0.0343. The molecule has 114 valence electrons. The Kier molecular flexibility index (Phi) is 6.13. The fourth-order valence-corrected chi connectivity index (χ4v) is 2.45. The van der Waals surface area contributed by atoms with Crippen molar-refractivity contribution in [3.05, 3.63) is 35.9 Å². The summed E-state index contributed by atoms with van der Waals surface area (Å²) in [6.45, 7) is 5.53. The minimum Gasteiger partial charge on any atom is -0.389 e. The Bertz CT molecular complexity index is 495. The molecule has 0 amide bonds. The van der Waals surface area contributed by atoms with Crippen LogP contribution in [-0.2, 0) is 16.6 Å². The lowest BCUT2D eigenvalue weighted by atomic mass is 10.1. The van der Waals surface area contributed by atoms with Crippen LogP contribution >= 0.6 is 0 Å². The minimum absolute atomic E-state index is 0.335. The van der Waals surface area contributed by atoms with E-state index < -0.39 is 15.6 Å². The van der Waals surface area contributed by atoms with E-state index in [2.05, 4.69) is 4.72 Å². The second kappa shape index (κ2) is 7.17. The van der Waals surface area contributed by atoms with E-state index in [4.69, 9.17) is 0 Å². The number of hydrogen-bond donors (Lipinski definition) is 2. The van der Waals surface area contributed by atoms with Gasteiger partial charge in [-0.3, -0.25) is 4.90 Å². The molecule has 0 radical (unpaired) electrons. The van der Waals surface area contributed by atoms with E-state index in [9.17, 15) is 13.5 Å². The van der Waals surface area contributed by atoms with E-state index in [0.717, 1.165) is 11.8 Å². The summed E-state index contributed by atoms with van der Waals surface area (Å²) in [5.41, 5.74) is 0.316. The van der Waals surface area contributed by atoms with Gasteiger partial charge in [0.05, 0.1) is 11.9 Å². The number of sulfonamides is 1. The summed E-state index contributed by atoms with van der Waals surface area (Å²) in [7, 11) is -3.18. The highest BCUT2D eigenvalue weighted by Gasteiger charge is 2.18. The van der Waals surface area contributed by atoms with Gasteiger partial charge in [0.1, 0.15) is 0 Å². The molecule has 0 spiro atoms. The van der Waals surface area contributed by atoms with Gasteiger partial charge in [-0.05, 0) is 19.4 Å². The molecule has 0 fully saturated rings. The molecule has 2 N–H and O–H groups in total. The van der Waals surface area contributed by atoms with Crippen molar-refractivity contribution in [3.63, 3.8) is 0 Å². The summed E-state index contributed by atoms with van der Waals surface area (Å²) >= 11 is 0. The number of aliphatic hydroxyl groups is 1. The molecule has 1 aromatic carbocycles. The van der Waals surface area contributed by atoms with Gasteiger partial charge < -0.3 is 5.11 Å².